The zero-order chi connectivity index (χ0) is 25.1. The molecule has 0 saturated carbocycles. The fourth-order valence-corrected chi connectivity index (χ4v) is 4.58. The maximum atomic E-state index is 13.1. The number of hydrogen-bond acceptors (Lipinski definition) is 6. The van der Waals surface area contributed by atoms with Gasteiger partial charge in [-0.05, 0) is 41.0 Å². The number of esters is 1. The van der Waals surface area contributed by atoms with Crippen LogP contribution in [-0.2, 0) is 20.9 Å². The van der Waals surface area contributed by atoms with E-state index in [9.17, 15) is 14.4 Å². The first-order valence-corrected chi connectivity index (χ1v) is 11.8. The first kappa shape index (κ1) is 23.4. The van der Waals surface area contributed by atoms with Gasteiger partial charge in [0.1, 0.15) is 5.92 Å². The van der Waals surface area contributed by atoms with E-state index in [-0.39, 0.29) is 11.8 Å². The van der Waals surface area contributed by atoms with Gasteiger partial charge in [-0.2, -0.15) is 0 Å². The fourth-order valence-electron chi connectivity index (χ4n) is 4.58. The Morgan fingerprint density at radius 1 is 1.03 bits per heavy atom. The molecule has 2 aliphatic heterocycles. The van der Waals surface area contributed by atoms with Crippen LogP contribution in [0.3, 0.4) is 0 Å². The molecule has 1 atom stereocenters. The van der Waals surface area contributed by atoms with Crippen molar-refractivity contribution in [2.75, 3.05) is 32.1 Å². The van der Waals surface area contributed by atoms with Crippen molar-refractivity contribution in [1.29, 1.82) is 0 Å². The molecule has 182 valence electrons. The molecular formula is C28H26N4O4. The second-order valence-corrected chi connectivity index (χ2v) is 8.81. The number of amides is 2. The number of ether oxygens (including phenoxy) is 1. The number of anilines is 1. The number of hydrogen-bond donors (Lipinski definition) is 2. The maximum Gasteiger partial charge on any atom is 0.337 e. The minimum atomic E-state index is -0.624. The molecule has 2 aliphatic rings. The summed E-state index contributed by atoms with van der Waals surface area (Å²) in [6.07, 6.45) is 0. The highest BCUT2D eigenvalue weighted by atomic mass is 16.5. The Kier molecular flexibility index (Phi) is 6.60. The van der Waals surface area contributed by atoms with Crippen molar-refractivity contribution in [3.8, 4) is 0 Å². The van der Waals surface area contributed by atoms with E-state index in [1.165, 1.54) is 7.11 Å². The lowest BCUT2D eigenvalue weighted by Gasteiger charge is -2.26. The molecule has 3 aromatic rings. The summed E-state index contributed by atoms with van der Waals surface area (Å²) in [5, 5.41) is 5.73. The lowest BCUT2D eigenvalue weighted by atomic mass is 9.90. The second-order valence-electron chi connectivity index (χ2n) is 8.81. The van der Waals surface area contributed by atoms with E-state index in [0.717, 1.165) is 28.9 Å². The molecule has 1 unspecified atom stereocenters. The molecule has 36 heavy (non-hydrogen) atoms. The van der Waals surface area contributed by atoms with Gasteiger partial charge in [0.25, 0.3) is 0 Å². The van der Waals surface area contributed by atoms with Crippen molar-refractivity contribution in [2.45, 2.75) is 12.5 Å². The normalized spacial score (nSPS) is 17.8. The molecule has 8 nitrogen and oxygen atoms in total. The third-order valence-corrected chi connectivity index (χ3v) is 6.36. The summed E-state index contributed by atoms with van der Waals surface area (Å²) in [5.74, 6) is -1.24. The van der Waals surface area contributed by atoms with Crippen molar-refractivity contribution >= 4 is 34.9 Å². The number of carbonyl (C=O) groups excluding carboxylic acids is 3. The topological polar surface area (TPSA) is 100 Å². The molecule has 0 aromatic heterocycles. The fraction of sp³-hybridized carbons (Fsp3) is 0.214. The standard InChI is InChI=1S/C28H26N4O4/c1-36-28(35)20-9-12-22-23(15-20)31-27(34)25(22)26(19-5-3-2-4-6-19)30-21-10-7-18(8-11-21)16-32-14-13-29-24(33)17-32/h2-12,15,25H,13-14,16-17H2,1H3,(H,29,33)(H,31,34). The molecule has 1 saturated heterocycles. The van der Waals surface area contributed by atoms with Crippen LogP contribution in [0, 0.1) is 0 Å². The van der Waals surface area contributed by atoms with Crippen LogP contribution in [0.2, 0.25) is 0 Å². The number of rotatable bonds is 6. The minimum Gasteiger partial charge on any atom is -0.465 e. The van der Waals surface area contributed by atoms with Gasteiger partial charge in [0.05, 0.1) is 30.6 Å². The van der Waals surface area contributed by atoms with Crippen molar-refractivity contribution in [3.05, 3.63) is 95.1 Å². The Labute approximate surface area is 209 Å². The van der Waals surface area contributed by atoms with Gasteiger partial charge in [-0.3, -0.25) is 19.5 Å². The number of aliphatic imine (C=N–C) groups is 1. The molecule has 1 fully saturated rings. The third-order valence-electron chi connectivity index (χ3n) is 6.36. The lowest BCUT2D eigenvalue weighted by Crippen LogP contribution is -2.47. The first-order chi connectivity index (χ1) is 17.5. The molecule has 0 spiro atoms. The van der Waals surface area contributed by atoms with Crippen molar-refractivity contribution in [2.24, 2.45) is 4.99 Å². The highest BCUT2D eigenvalue weighted by Gasteiger charge is 2.36. The molecule has 2 amide bonds. The first-order valence-electron chi connectivity index (χ1n) is 11.8. The summed E-state index contributed by atoms with van der Waals surface area (Å²) in [7, 11) is 1.33. The van der Waals surface area contributed by atoms with Gasteiger partial charge in [0.15, 0.2) is 0 Å². The van der Waals surface area contributed by atoms with Crippen LogP contribution in [0.1, 0.15) is 33.0 Å². The summed E-state index contributed by atoms with van der Waals surface area (Å²) >= 11 is 0. The van der Waals surface area contributed by atoms with Gasteiger partial charge in [-0.25, -0.2) is 4.79 Å². The van der Waals surface area contributed by atoms with Gasteiger partial charge >= 0.3 is 5.97 Å². The monoisotopic (exact) mass is 482 g/mol. The Bertz CT molecular complexity index is 1340. The summed E-state index contributed by atoms with van der Waals surface area (Å²) in [6.45, 7) is 2.56. The average molecular weight is 483 g/mol. The molecule has 0 radical (unpaired) electrons. The van der Waals surface area contributed by atoms with E-state index in [1.807, 2.05) is 54.6 Å². The number of benzene rings is 3. The molecule has 2 N–H and O–H groups in total. The zero-order valence-corrected chi connectivity index (χ0v) is 19.9. The van der Waals surface area contributed by atoms with E-state index < -0.39 is 11.9 Å². The number of fused-ring (bicyclic) bond motifs is 1. The summed E-state index contributed by atoms with van der Waals surface area (Å²) in [6, 6.07) is 22.5. The van der Waals surface area contributed by atoms with Gasteiger partial charge < -0.3 is 15.4 Å². The highest BCUT2D eigenvalue weighted by molar-refractivity contribution is 6.24. The summed E-state index contributed by atoms with van der Waals surface area (Å²) in [5.41, 5.74) is 4.99. The largest absolute Gasteiger partial charge is 0.465 e. The van der Waals surface area contributed by atoms with Gasteiger partial charge in [-0.15, -0.1) is 0 Å². The summed E-state index contributed by atoms with van der Waals surface area (Å²) in [4.78, 5) is 43.8. The zero-order valence-electron chi connectivity index (χ0n) is 19.9. The summed E-state index contributed by atoms with van der Waals surface area (Å²) < 4.78 is 4.81. The molecule has 2 heterocycles. The second kappa shape index (κ2) is 10.1. The predicted molar refractivity (Wildman–Crippen MR) is 137 cm³/mol. The number of nitrogens with one attached hydrogen (secondary N) is 2. The van der Waals surface area contributed by atoms with E-state index in [2.05, 4.69) is 15.5 Å². The molecule has 5 rings (SSSR count). The quantitative estimate of drug-likeness (QED) is 0.415. The van der Waals surface area contributed by atoms with Crippen LogP contribution in [0.5, 0.6) is 0 Å². The molecule has 8 heteroatoms. The number of nitrogens with zero attached hydrogens (tertiary/aromatic N) is 2. The van der Waals surface area contributed by atoms with Crippen LogP contribution in [0.15, 0.2) is 77.8 Å². The molecule has 0 aliphatic carbocycles. The molecule has 3 aromatic carbocycles. The van der Waals surface area contributed by atoms with Crippen LogP contribution < -0.4 is 10.6 Å². The Balaban J connectivity index is 1.46. The van der Waals surface area contributed by atoms with Crippen molar-refractivity contribution < 1.29 is 19.1 Å². The van der Waals surface area contributed by atoms with Gasteiger partial charge in [0.2, 0.25) is 11.8 Å². The highest BCUT2D eigenvalue weighted by Crippen LogP contribution is 2.37. The number of piperazine rings is 1. The Morgan fingerprint density at radius 3 is 2.53 bits per heavy atom. The van der Waals surface area contributed by atoms with E-state index in [0.29, 0.717) is 36.6 Å². The molecule has 0 bridgehead atoms. The smallest absolute Gasteiger partial charge is 0.337 e. The van der Waals surface area contributed by atoms with Gasteiger partial charge in [-0.1, -0.05) is 48.5 Å². The Hall–Kier alpha value is -4.30. The minimum absolute atomic E-state index is 0.0452. The Morgan fingerprint density at radius 2 is 1.81 bits per heavy atom. The van der Waals surface area contributed by atoms with Crippen molar-refractivity contribution in [1.82, 2.24) is 10.2 Å². The third kappa shape index (κ3) is 4.89. The van der Waals surface area contributed by atoms with Crippen LogP contribution >= 0.6 is 0 Å². The SMILES string of the molecule is COC(=O)c1ccc2c(c1)NC(=O)C2C(=Nc1ccc(CN2CCNC(=O)C2)cc1)c1ccccc1. The number of carbonyl (C=O) groups is 3. The predicted octanol–water partition coefficient (Wildman–Crippen LogP) is 3.26. The van der Waals surface area contributed by atoms with Crippen LogP contribution in [0.4, 0.5) is 11.4 Å². The number of methoxy groups -OCH3 is 1. The van der Waals surface area contributed by atoms with Crippen molar-refractivity contribution in [3.63, 3.8) is 0 Å². The van der Waals surface area contributed by atoms with Crippen LogP contribution in [-0.4, -0.2) is 55.1 Å². The van der Waals surface area contributed by atoms with E-state index in [4.69, 9.17) is 9.73 Å². The van der Waals surface area contributed by atoms with E-state index in [1.54, 1.807) is 18.2 Å². The maximum absolute atomic E-state index is 13.1. The lowest BCUT2D eigenvalue weighted by molar-refractivity contribution is -0.124. The van der Waals surface area contributed by atoms with Gasteiger partial charge in [0, 0.05) is 25.3 Å². The van der Waals surface area contributed by atoms with Crippen LogP contribution in [0.25, 0.3) is 0 Å². The average Bonchev–Trinajstić information content (AvgIpc) is 3.23. The molecular weight excluding hydrogens is 456 g/mol. The van der Waals surface area contributed by atoms with E-state index >= 15 is 0 Å².